The summed E-state index contributed by atoms with van der Waals surface area (Å²) < 4.78 is 1.73. The average Bonchev–Trinajstić information content (AvgIpc) is 2.71. The molecule has 2 heterocycles. The van der Waals surface area contributed by atoms with Crippen molar-refractivity contribution in [1.29, 1.82) is 0 Å². The molecule has 2 rings (SSSR count). The number of aliphatic hydroxyl groups excluding tert-OH is 1. The Morgan fingerprint density at radius 2 is 2.20 bits per heavy atom. The Morgan fingerprint density at radius 3 is 2.67 bits per heavy atom. The summed E-state index contributed by atoms with van der Waals surface area (Å²) in [6, 6.07) is 2.02. The minimum Gasteiger partial charge on any atom is -0.383 e. The number of aliphatic hydroxyl groups is 1. The maximum absolute atomic E-state index is 10.2. The van der Waals surface area contributed by atoms with E-state index in [1.165, 1.54) is 0 Å². The van der Waals surface area contributed by atoms with Gasteiger partial charge in [-0.25, -0.2) is 0 Å². The van der Waals surface area contributed by atoms with Crippen molar-refractivity contribution in [3.8, 4) is 0 Å². The van der Waals surface area contributed by atoms with Crippen LogP contribution in [0.1, 0.15) is 27.8 Å². The van der Waals surface area contributed by atoms with Crippen LogP contribution in [0.4, 0.5) is 0 Å². The van der Waals surface area contributed by atoms with Crippen molar-refractivity contribution in [1.82, 2.24) is 9.78 Å². The molecule has 15 heavy (non-hydrogen) atoms. The smallest absolute Gasteiger partial charge is 0.117 e. The molecule has 0 spiro atoms. The predicted octanol–water partition coefficient (Wildman–Crippen LogP) is 2.18. The molecule has 80 valence electrons. The number of aromatic nitrogens is 2. The molecular weight excluding hydrogens is 208 g/mol. The summed E-state index contributed by atoms with van der Waals surface area (Å²) in [5.74, 6) is 0. The van der Waals surface area contributed by atoms with Crippen molar-refractivity contribution < 1.29 is 5.11 Å². The summed E-state index contributed by atoms with van der Waals surface area (Å²) in [5.41, 5.74) is 2.91. The van der Waals surface area contributed by atoms with Crippen molar-refractivity contribution in [3.63, 3.8) is 0 Å². The number of hydrogen-bond acceptors (Lipinski definition) is 3. The first kappa shape index (κ1) is 10.4. The summed E-state index contributed by atoms with van der Waals surface area (Å²) in [4.78, 5) is 1.01. The van der Waals surface area contributed by atoms with Crippen LogP contribution >= 0.6 is 11.3 Å². The highest BCUT2D eigenvalue weighted by Gasteiger charge is 2.18. The second kappa shape index (κ2) is 3.79. The predicted molar refractivity (Wildman–Crippen MR) is 61.1 cm³/mol. The van der Waals surface area contributed by atoms with Crippen LogP contribution in [0.5, 0.6) is 0 Å². The zero-order chi connectivity index (χ0) is 11.0. The maximum Gasteiger partial charge on any atom is 0.117 e. The SMILES string of the molecule is Cc1ccsc1C(O)c1cn(C)nc1C. The molecule has 0 fully saturated rings. The summed E-state index contributed by atoms with van der Waals surface area (Å²) in [7, 11) is 1.87. The molecule has 0 aliphatic rings. The van der Waals surface area contributed by atoms with Crippen molar-refractivity contribution >= 4 is 11.3 Å². The van der Waals surface area contributed by atoms with E-state index in [2.05, 4.69) is 5.10 Å². The fourth-order valence-corrected chi connectivity index (χ4v) is 2.62. The molecule has 0 aliphatic carbocycles. The first-order valence-corrected chi connectivity index (χ1v) is 5.69. The lowest BCUT2D eigenvalue weighted by atomic mass is 10.1. The third-order valence-electron chi connectivity index (χ3n) is 2.50. The van der Waals surface area contributed by atoms with Crippen LogP contribution in [0, 0.1) is 13.8 Å². The zero-order valence-corrected chi connectivity index (χ0v) is 9.88. The summed E-state index contributed by atoms with van der Waals surface area (Å²) in [5, 5.41) is 16.4. The number of rotatable bonds is 2. The van der Waals surface area contributed by atoms with E-state index in [9.17, 15) is 5.11 Å². The highest BCUT2D eigenvalue weighted by molar-refractivity contribution is 7.10. The Balaban J connectivity index is 2.40. The Kier molecular flexibility index (Phi) is 2.63. The van der Waals surface area contributed by atoms with Gasteiger partial charge in [-0.15, -0.1) is 11.3 Å². The van der Waals surface area contributed by atoms with Gasteiger partial charge in [-0.05, 0) is 30.9 Å². The molecule has 2 aromatic rings. The van der Waals surface area contributed by atoms with E-state index in [1.54, 1.807) is 16.0 Å². The highest BCUT2D eigenvalue weighted by Crippen LogP contribution is 2.30. The van der Waals surface area contributed by atoms with Gasteiger partial charge in [-0.2, -0.15) is 5.10 Å². The molecule has 4 heteroatoms. The summed E-state index contributed by atoms with van der Waals surface area (Å²) in [6.07, 6.45) is 1.33. The van der Waals surface area contributed by atoms with Gasteiger partial charge in [-0.3, -0.25) is 4.68 Å². The molecule has 0 amide bonds. The largest absolute Gasteiger partial charge is 0.383 e. The van der Waals surface area contributed by atoms with Gasteiger partial charge in [0.2, 0.25) is 0 Å². The van der Waals surface area contributed by atoms with Crippen LogP contribution < -0.4 is 0 Å². The number of aryl methyl sites for hydroxylation is 3. The van der Waals surface area contributed by atoms with Gasteiger partial charge in [0, 0.05) is 23.7 Å². The molecular formula is C11H14N2OS. The van der Waals surface area contributed by atoms with Crippen LogP contribution in [0.3, 0.4) is 0 Å². The Labute approximate surface area is 93.0 Å². The van der Waals surface area contributed by atoms with Gasteiger partial charge in [0.25, 0.3) is 0 Å². The van der Waals surface area contributed by atoms with Crippen LogP contribution in [-0.2, 0) is 7.05 Å². The fourth-order valence-electron chi connectivity index (χ4n) is 1.69. The molecule has 0 radical (unpaired) electrons. The lowest BCUT2D eigenvalue weighted by molar-refractivity contribution is 0.222. The van der Waals surface area contributed by atoms with Crippen LogP contribution in [-0.4, -0.2) is 14.9 Å². The van der Waals surface area contributed by atoms with Crippen LogP contribution in [0.15, 0.2) is 17.6 Å². The summed E-state index contributed by atoms with van der Waals surface area (Å²) in [6.45, 7) is 3.93. The molecule has 2 aromatic heterocycles. The number of hydrogen-bond donors (Lipinski definition) is 1. The average molecular weight is 222 g/mol. The van der Waals surface area contributed by atoms with Gasteiger partial charge in [0.05, 0.1) is 5.69 Å². The van der Waals surface area contributed by atoms with E-state index >= 15 is 0 Å². The first-order chi connectivity index (χ1) is 7.09. The third kappa shape index (κ3) is 1.82. The lowest BCUT2D eigenvalue weighted by Gasteiger charge is -2.08. The molecule has 0 saturated carbocycles. The topological polar surface area (TPSA) is 38.0 Å². The van der Waals surface area contributed by atoms with Crippen molar-refractivity contribution in [2.24, 2.45) is 7.05 Å². The van der Waals surface area contributed by atoms with Gasteiger partial charge in [0.15, 0.2) is 0 Å². The van der Waals surface area contributed by atoms with Gasteiger partial charge >= 0.3 is 0 Å². The second-order valence-corrected chi connectivity index (χ2v) is 4.66. The molecule has 3 nitrogen and oxygen atoms in total. The normalized spacial score (nSPS) is 13.1. The minimum atomic E-state index is -0.543. The van der Waals surface area contributed by atoms with Crippen molar-refractivity contribution in [2.45, 2.75) is 20.0 Å². The Morgan fingerprint density at radius 1 is 1.47 bits per heavy atom. The Hall–Kier alpha value is -1.13. The van der Waals surface area contributed by atoms with E-state index in [0.29, 0.717) is 0 Å². The highest BCUT2D eigenvalue weighted by atomic mass is 32.1. The zero-order valence-electron chi connectivity index (χ0n) is 9.06. The van der Waals surface area contributed by atoms with Crippen LogP contribution in [0.25, 0.3) is 0 Å². The molecule has 0 aliphatic heterocycles. The van der Waals surface area contributed by atoms with E-state index < -0.39 is 6.10 Å². The van der Waals surface area contributed by atoms with E-state index in [4.69, 9.17) is 0 Å². The molecule has 1 atom stereocenters. The molecule has 0 aromatic carbocycles. The lowest BCUT2D eigenvalue weighted by Crippen LogP contribution is -1.99. The second-order valence-electron chi connectivity index (χ2n) is 3.71. The van der Waals surface area contributed by atoms with Crippen molar-refractivity contribution in [3.05, 3.63) is 39.3 Å². The van der Waals surface area contributed by atoms with Crippen LogP contribution in [0.2, 0.25) is 0 Å². The van der Waals surface area contributed by atoms with E-state index in [1.807, 2.05) is 38.5 Å². The third-order valence-corrected chi connectivity index (χ3v) is 3.57. The molecule has 1 N–H and O–H groups in total. The first-order valence-electron chi connectivity index (χ1n) is 4.82. The van der Waals surface area contributed by atoms with Gasteiger partial charge < -0.3 is 5.11 Å². The fraction of sp³-hybridized carbons (Fsp3) is 0.364. The number of thiophene rings is 1. The van der Waals surface area contributed by atoms with Gasteiger partial charge in [-0.1, -0.05) is 0 Å². The summed E-state index contributed by atoms with van der Waals surface area (Å²) >= 11 is 1.58. The minimum absolute atomic E-state index is 0.543. The number of nitrogens with zero attached hydrogens (tertiary/aromatic N) is 2. The molecule has 0 bridgehead atoms. The quantitative estimate of drug-likeness (QED) is 0.845. The van der Waals surface area contributed by atoms with Crippen molar-refractivity contribution in [2.75, 3.05) is 0 Å². The van der Waals surface area contributed by atoms with E-state index in [0.717, 1.165) is 21.7 Å². The monoisotopic (exact) mass is 222 g/mol. The van der Waals surface area contributed by atoms with E-state index in [-0.39, 0.29) is 0 Å². The standard InChI is InChI=1S/C11H14N2OS/c1-7-4-5-15-11(7)10(14)9-6-13(3)12-8(9)2/h4-6,10,14H,1-3H3. The maximum atomic E-state index is 10.2. The van der Waals surface area contributed by atoms with Gasteiger partial charge in [0.1, 0.15) is 6.10 Å². The molecule has 1 unspecified atom stereocenters. The Bertz CT molecular complexity index is 473. The molecule has 0 saturated heterocycles.